The molecule has 5 nitrogen and oxygen atoms in total. The van der Waals surface area contributed by atoms with Crippen molar-refractivity contribution >= 4 is 43.7 Å². The summed E-state index contributed by atoms with van der Waals surface area (Å²) in [6.45, 7) is 4.74. The van der Waals surface area contributed by atoms with E-state index in [0.29, 0.717) is 17.5 Å². The largest absolute Gasteiger partial charge is 0.454 e. The van der Waals surface area contributed by atoms with Crippen molar-refractivity contribution in [2.24, 2.45) is 0 Å². The van der Waals surface area contributed by atoms with E-state index >= 15 is 0 Å². The van der Waals surface area contributed by atoms with Gasteiger partial charge in [-0.25, -0.2) is 15.0 Å². The van der Waals surface area contributed by atoms with Crippen LogP contribution in [0, 0.1) is 0 Å². The number of furan rings is 1. The first kappa shape index (κ1) is 29.8. The molecule has 7 aromatic carbocycles. The second kappa shape index (κ2) is 11.1. The minimum absolute atomic E-state index is 0.236. The number of rotatable bonds is 4. The lowest BCUT2D eigenvalue weighted by Crippen LogP contribution is -2.15. The summed E-state index contributed by atoms with van der Waals surface area (Å²) in [7, 11) is 0. The molecule has 53 heavy (non-hydrogen) atoms. The molecule has 0 radical (unpaired) electrons. The van der Waals surface area contributed by atoms with E-state index < -0.39 is 0 Å². The van der Waals surface area contributed by atoms with Crippen molar-refractivity contribution < 1.29 is 4.42 Å². The van der Waals surface area contributed by atoms with Crippen LogP contribution < -0.4 is 0 Å². The van der Waals surface area contributed by atoms with Crippen LogP contribution in [-0.2, 0) is 5.41 Å². The van der Waals surface area contributed by atoms with Gasteiger partial charge in [-0.2, -0.15) is 0 Å². The van der Waals surface area contributed by atoms with Gasteiger partial charge in [0.2, 0.25) is 0 Å². The summed E-state index contributed by atoms with van der Waals surface area (Å²) in [5.74, 6) is 1.89. The monoisotopic (exact) mass is 680 g/mol. The highest BCUT2D eigenvalue weighted by Gasteiger charge is 2.41. The maximum atomic E-state index is 6.96. The lowest BCUT2D eigenvalue weighted by atomic mass is 9.80. The van der Waals surface area contributed by atoms with Gasteiger partial charge >= 0.3 is 0 Å². The molecule has 0 amide bonds. The van der Waals surface area contributed by atoms with Gasteiger partial charge in [-0.15, -0.1) is 0 Å². The first-order valence-electron chi connectivity index (χ1n) is 18.0. The number of para-hydroxylation sites is 2. The first-order chi connectivity index (χ1) is 26.1. The average Bonchev–Trinajstić information content (AvgIpc) is 3.84. The number of benzene rings is 7. The van der Waals surface area contributed by atoms with E-state index in [9.17, 15) is 0 Å². The van der Waals surface area contributed by atoms with Gasteiger partial charge in [0, 0.05) is 49.3 Å². The zero-order chi connectivity index (χ0) is 35.3. The molecule has 11 rings (SSSR count). The lowest BCUT2D eigenvalue weighted by Gasteiger charge is -2.23. The molecule has 10 aromatic rings. The van der Waals surface area contributed by atoms with Gasteiger partial charge in [-0.3, -0.25) is 0 Å². The van der Waals surface area contributed by atoms with Gasteiger partial charge in [-0.1, -0.05) is 147 Å². The zero-order valence-corrected chi connectivity index (χ0v) is 29.2. The van der Waals surface area contributed by atoms with E-state index in [-0.39, 0.29) is 5.41 Å². The number of aromatic nitrogens is 4. The molecule has 0 atom stereocenters. The Morgan fingerprint density at radius 2 is 1.11 bits per heavy atom. The second-order valence-corrected chi connectivity index (χ2v) is 14.4. The van der Waals surface area contributed by atoms with Crippen LogP contribution in [0.25, 0.3) is 94.7 Å². The molecule has 0 N–H and O–H groups in total. The van der Waals surface area contributed by atoms with Crippen LogP contribution in [0.15, 0.2) is 162 Å². The van der Waals surface area contributed by atoms with E-state index in [4.69, 9.17) is 19.4 Å². The summed E-state index contributed by atoms with van der Waals surface area (Å²) in [6.07, 6.45) is 0. The smallest absolute Gasteiger partial charge is 0.164 e. The second-order valence-electron chi connectivity index (χ2n) is 14.4. The molecule has 3 heterocycles. The quantitative estimate of drug-likeness (QED) is 0.186. The minimum Gasteiger partial charge on any atom is -0.454 e. The van der Waals surface area contributed by atoms with Crippen molar-refractivity contribution in [1.82, 2.24) is 19.5 Å². The van der Waals surface area contributed by atoms with E-state index in [2.05, 4.69) is 115 Å². The maximum absolute atomic E-state index is 6.96. The van der Waals surface area contributed by atoms with Crippen molar-refractivity contribution in [3.05, 3.63) is 169 Å². The van der Waals surface area contributed by atoms with E-state index in [1.165, 1.54) is 38.4 Å². The third-order valence-corrected chi connectivity index (χ3v) is 11.0. The average molecular weight is 681 g/mol. The minimum atomic E-state index is -0.236. The summed E-state index contributed by atoms with van der Waals surface area (Å²) in [4.78, 5) is 15.1. The molecule has 0 saturated carbocycles. The van der Waals surface area contributed by atoms with Gasteiger partial charge in [0.1, 0.15) is 5.58 Å². The van der Waals surface area contributed by atoms with Crippen molar-refractivity contribution in [2.75, 3.05) is 0 Å². The van der Waals surface area contributed by atoms with Crippen molar-refractivity contribution in [2.45, 2.75) is 19.3 Å². The Morgan fingerprint density at radius 3 is 1.85 bits per heavy atom. The van der Waals surface area contributed by atoms with E-state index in [1.807, 2.05) is 60.7 Å². The predicted octanol–water partition coefficient (Wildman–Crippen LogP) is 12.2. The van der Waals surface area contributed by atoms with Crippen LogP contribution in [0.1, 0.15) is 25.0 Å². The lowest BCUT2D eigenvalue weighted by molar-refractivity contribution is 0.663. The molecule has 5 heteroatoms. The molecule has 0 unspecified atom stereocenters. The van der Waals surface area contributed by atoms with Gasteiger partial charge in [0.05, 0.1) is 11.0 Å². The fourth-order valence-corrected chi connectivity index (χ4v) is 8.68. The fraction of sp³-hybridized carbons (Fsp3) is 0.0625. The molecule has 1 aliphatic rings. The Labute approximate surface area is 305 Å². The highest BCUT2D eigenvalue weighted by molar-refractivity contribution is 6.29. The summed E-state index contributed by atoms with van der Waals surface area (Å²) in [6, 6.07) is 54.9. The molecule has 1 aliphatic carbocycles. The van der Waals surface area contributed by atoms with Crippen molar-refractivity contribution in [3.63, 3.8) is 0 Å². The number of hydrogen-bond acceptors (Lipinski definition) is 4. The zero-order valence-electron chi connectivity index (χ0n) is 29.2. The van der Waals surface area contributed by atoms with Crippen molar-refractivity contribution in [3.8, 4) is 51.0 Å². The van der Waals surface area contributed by atoms with Crippen molar-refractivity contribution in [1.29, 1.82) is 0 Å². The normalized spacial score (nSPS) is 13.2. The third kappa shape index (κ3) is 4.28. The van der Waals surface area contributed by atoms with Crippen LogP contribution in [0.2, 0.25) is 0 Å². The van der Waals surface area contributed by atoms with Gasteiger partial charge in [0.25, 0.3) is 0 Å². The van der Waals surface area contributed by atoms with Gasteiger partial charge < -0.3 is 8.98 Å². The number of nitrogens with zero attached hydrogens (tertiary/aromatic N) is 4. The van der Waals surface area contributed by atoms with Crippen LogP contribution in [0.3, 0.4) is 0 Å². The van der Waals surface area contributed by atoms with E-state index in [0.717, 1.165) is 50.0 Å². The summed E-state index contributed by atoms with van der Waals surface area (Å²) in [5.41, 5.74) is 12.8. The molecule has 0 aliphatic heterocycles. The Bertz CT molecular complexity index is 3020. The SMILES string of the molecule is CC1(C)c2ccccc2-c2c1c1c3ccccc3n(-c3cccc(-c4nc(-c5ccccc5)nc(-c5ccccc5)n4)c3)c1c1oc3ccccc3c21. The first-order valence-corrected chi connectivity index (χ1v) is 18.0. The topological polar surface area (TPSA) is 56.7 Å². The Morgan fingerprint density at radius 1 is 0.528 bits per heavy atom. The molecule has 250 valence electrons. The summed E-state index contributed by atoms with van der Waals surface area (Å²) in [5, 5.41) is 4.72. The van der Waals surface area contributed by atoms with Crippen LogP contribution in [-0.4, -0.2) is 19.5 Å². The Kier molecular flexibility index (Phi) is 6.23. The molecular weight excluding hydrogens is 649 g/mol. The molecule has 0 saturated heterocycles. The van der Waals surface area contributed by atoms with Crippen LogP contribution in [0.5, 0.6) is 0 Å². The van der Waals surface area contributed by atoms with Gasteiger partial charge in [-0.05, 0) is 46.5 Å². The molecule has 3 aromatic heterocycles. The molecular formula is C48H32N4O. The molecule has 0 bridgehead atoms. The van der Waals surface area contributed by atoms with Crippen LogP contribution in [0.4, 0.5) is 0 Å². The number of hydrogen-bond donors (Lipinski definition) is 0. The van der Waals surface area contributed by atoms with E-state index in [1.54, 1.807) is 0 Å². The van der Waals surface area contributed by atoms with Gasteiger partial charge in [0.15, 0.2) is 23.1 Å². The summed E-state index contributed by atoms with van der Waals surface area (Å²) < 4.78 is 9.34. The molecule has 0 fully saturated rings. The predicted molar refractivity (Wildman–Crippen MR) is 215 cm³/mol. The summed E-state index contributed by atoms with van der Waals surface area (Å²) >= 11 is 0. The molecule has 0 spiro atoms. The fourth-order valence-electron chi connectivity index (χ4n) is 8.68. The Hall–Kier alpha value is -6.85. The standard InChI is InChI=1S/C48H32N4O/c1-48(2)36-25-12-9-22-33(36)39-40-35-24-11-14-27-38(35)53-44(40)43-41(42(39)48)34-23-10-13-26-37(34)52(43)32-21-15-20-31(28-32)47-50-45(29-16-5-3-6-17-29)49-46(51-47)30-18-7-4-8-19-30/h3-28H,1-2H3. The van der Waals surface area contributed by atoms with Crippen LogP contribution >= 0.6 is 0 Å². The highest BCUT2D eigenvalue weighted by atomic mass is 16.3. The third-order valence-electron chi connectivity index (χ3n) is 11.0. The number of fused-ring (bicyclic) bond motifs is 12. The highest BCUT2D eigenvalue weighted by Crippen LogP contribution is 2.58. The Balaban J connectivity index is 1.23. The maximum Gasteiger partial charge on any atom is 0.164 e.